The van der Waals surface area contributed by atoms with Gasteiger partial charge in [0.2, 0.25) is 10.0 Å². The van der Waals surface area contributed by atoms with Crippen molar-refractivity contribution in [3.63, 3.8) is 0 Å². The van der Waals surface area contributed by atoms with Gasteiger partial charge in [0.1, 0.15) is 0 Å². The van der Waals surface area contributed by atoms with E-state index < -0.39 is 28.1 Å². The van der Waals surface area contributed by atoms with Gasteiger partial charge in [-0.15, -0.1) is 0 Å². The van der Waals surface area contributed by atoms with Crippen LogP contribution in [0.25, 0.3) is 0 Å². The van der Waals surface area contributed by atoms with Gasteiger partial charge in [0, 0.05) is 6.54 Å². The first-order valence-electron chi connectivity index (χ1n) is 5.66. The fourth-order valence-corrected chi connectivity index (χ4v) is 3.45. The normalized spacial score (nSPS) is 21.3. The SMILES string of the molecule is CC(O)(CNS(=O)(=O)CC1CCCC1)C(=O)O. The summed E-state index contributed by atoms with van der Waals surface area (Å²) >= 11 is 0. The summed E-state index contributed by atoms with van der Waals surface area (Å²) in [5.41, 5.74) is -2.07. The number of rotatable bonds is 6. The van der Waals surface area contributed by atoms with Crippen molar-refractivity contribution in [2.75, 3.05) is 12.3 Å². The topological polar surface area (TPSA) is 104 Å². The zero-order chi connectivity index (χ0) is 13.1. The first-order chi connectivity index (χ1) is 7.73. The Hall–Kier alpha value is -0.660. The molecule has 1 unspecified atom stereocenters. The average molecular weight is 265 g/mol. The van der Waals surface area contributed by atoms with Crippen molar-refractivity contribution >= 4 is 16.0 Å². The zero-order valence-corrected chi connectivity index (χ0v) is 10.7. The predicted octanol–water partition coefficient (Wildman–Crippen LogP) is -0.0684. The molecular formula is C10H19NO5S. The Morgan fingerprint density at radius 3 is 2.41 bits per heavy atom. The predicted molar refractivity (Wildman–Crippen MR) is 62.0 cm³/mol. The van der Waals surface area contributed by atoms with Gasteiger partial charge in [0.25, 0.3) is 0 Å². The molecular weight excluding hydrogens is 246 g/mol. The molecule has 0 amide bonds. The third kappa shape index (κ3) is 4.61. The Bertz CT molecular complexity index is 370. The maximum atomic E-state index is 11.6. The van der Waals surface area contributed by atoms with Crippen LogP contribution in [-0.2, 0) is 14.8 Å². The molecule has 0 bridgehead atoms. The number of nitrogens with one attached hydrogen (secondary N) is 1. The second-order valence-electron chi connectivity index (χ2n) is 4.83. The van der Waals surface area contributed by atoms with Crippen LogP contribution in [0.1, 0.15) is 32.6 Å². The Kier molecular flexibility index (Phi) is 4.51. The van der Waals surface area contributed by atoms with E-state index in [9.17, 15) is 18.3 Å². The number of hydrogen-bond acceptors (Lipinski definition) is 4. The van der Waals surface area contributed by atoms with Gasteiger partial charge in [-0.3, -0.25) is 0 Å². The minimum absolute atomic E-state index is 0.0166. The molecule has 1 atom stereocenters. The van der Waals surface area contributed by atoms with E-state index in [1.807, 2.05) is 0 Å². The minimum Gasteiger partial charge on any atom is -0.479 e. The van der Waals surface area contributed by atoms with Gasteiger partial charge in [0.05, 0.1) is 5.75 Å². The van der Waals surface area contributed by atoms with Crippen LogP contribution in [-0.4, -0.2) is 42.5 Å². The van der Waals surface area contributed by atoms with Gasteiger partial charge in [-0.1, -0.05) is 12.8 Å². The molecule has 1 fully saturated rings. The number of carbonyl (C=O) groups is 1. The van der Waals surface area contributed by atoms with Gasteiger partial charge in [-0.05, 0) is 25.7 Å². The second kappa shape index (κ2) is 5.32. The third-order valence-electron chi connectivity index (χ3n) is 3.03. The highest BCUT2D eigenvalue weighted by Crippen LogP contribution is 2.25. The second-order valence-corrected chi connectivity index (χ2v) is 6.68. The van der Waals surface area contributed by atoms with Crippen LogP contribution in [0, 0.1) is 5.92 Å². The number of aliphatic carboxylic acids is 1. The monoisotopic (exact) mass is 265 g/mol. The Morgan fingerprint density at radius 1 is 1.41 bits per heavy atom. The molecule has 3 N–H and O–H groups in total. The third-order valence-corrected chi connectivity index (χ3v) is 4.52. The van der Waals surface area contributed by atoms with Crippen molar-refractivity contribution in [3.8, 4) is 0 Å². The standard InChI is InChI=1S/C10H19NO5S/c1-10(14,9(12)13)7-11-17(15,16)6-8-4-2-3-5-8/h8,11,14H,2-7H2,1H3,(H,12,13). The van der Waals surface area contributed by atoms with Crippen LogP contribution in [0.3, 0.4) is 0 Å². The van der Waals surface area contributed by atoms with Crippen LogP contribution >= 0.6 is 0 Å². The molecule has 1 aliphatic rings. The molecule has 0 spiro atoms. The fourth-order valence-electron chi connectivity index (χ4n) is 1.87. The Labute approximate surface area is 101 Å². The molecule has 1 saturated carbocycles. The van der Waals surface area contributed by atoms with Crippen molar-refractivity contribution < 1.29 is 23.4 Å². The summed E-state index contributed by atoms with van der Waals surface area (Å²) < 4.78 is 25.4. The quantitative estimate of drug-likeness (QED) is 0.624. The van der Waals surface area contributed by atoms with Crippen LogP contribution in [0.5, 0.6) is 0 Å². The highest BCUT2D eigenvalue weighted by molar-refractivity contribution is 7.89. The molecule has 0 aliphatic heterocycles. The summed E-state index contributed by atoms with van der Waals surface area (Å²) in [6.45, 7) is 0.560. The van der Waals surface area contributed by atoms with E-state index in [2.05, 4.69) is 4.72 Å². The first kappa shape index (κ1) is 14.4. The summed E-state index contributed by atoms with van der Waals surface area (Å²) in [6, 6.07) is 0. The number of sulfonamides is 1. The van der Waals surface area contributed by atoms with Crippen LogP contribution in [0.15, 0.2) is 0 Å². The molecule has 0 aromatic carbocycles. The number of carboxylic acids is 1. The Morgan fingerprint density at radius 2 is 1.94 bits per heavy atom. The van der Waals surface area contributed by atoms with Crippen molar-refractivity contribution in [3.05, 3.63) is 0 Å². The van der Waals surface area contributed by atoms with Gasteiger partial charge in [0.15, 0.2) is 5.60 Å². The summed E-state index contributed by atoms with van der Waals surface area (Å²) in [7, 11) is -3.51. The molecule has 0 radical (unpaired) electrons. The molecule has 1 aliphatic carbocycles. The Balaban J connectivity index is 2.46. The lowest BCUT2D eigenvalue weighted by Gasteiger charge is -2.19. The first-order valence-corrected chi connectivity index (χ1v) is 7.31. The molecule has 0 heterocycles. The summed E-state index contributed by atoms with van der Waals surface area (Å²) in [5, 5.41) is 18.0. The molecule has 17 heavy (non-hydrogen) atoms. The largest absolute Gasteiger partial charge is 0.479 e. The van der Waals surface area contributed by atoms with E-state index in [1.165, 1.54) is 0 Å². The van der Waals surface area contributed by atoms with E-state index in [1.54, 1.807) is 0 Å². The lowest BCUT2D eigenvalue weighted by atomic mass is 10.1. The number of hydrogen-bond donors (Lipinski definition) is 3. The number of aliphatic hydroxyl groups is 1. The van der Waals surface area contributed by atoms with E-state index in [-0.39, 0.29) is 11.7 Å². The zero-order valence-electron chi connectivity index (χ0n) is 9.85. The van der Waals surface area contributed by atoms with E-state index in [0.717, 1.165) is 32.6 Å². The maximum absolute atomic E-state index is 11.6. The van der Waals surface area contributed by atoms with Crippen LogP contribution < -0.4 is 4.72 Å². The van der Waals surface area contributed by atoms with Gasteiger partial charge in [-0.2, -0.15) is 0 Å². The minimum atomic E-state index is -3.51. The molecule has 0 aromatic heterocycles. The van der Waals surface area contributed by atoms with Gasteiger partial charge < -0.3 is 10.2 Å². The molecule has 6 nitrogen and oxygen atoms in total. The van der Waals surface area contributed by atoms with E-state index >= 15 is 0 Å². The van der Waals surface area contributed by atoms with Crippen LogP contribution in [0.2, 0.25) is 0 Å². The van der Waals surface area contributed by atoms with Crippen LogP contribution in [0.4, 0.5) is 0 Å². The van der Waals surface area contributed by atoms with Crippen molar-refractivity contribution in [1.82, 2.24) is 4.72 Å². The van der Waals surface area contributed by atoms with Gasteiger partial charge in [-0.25, -0.2) is 17.9 Å². The van der Waals surface area contributed by atoms with E-state index in [4.69, 9.17) is 5.11 Å². The fraction of sp³-hybridized carbons (Fsp3) is 0.900. The van der Waals surface area contributed by atoms with Crippen molar-refractivity contribution in [1.29, 1.82) is 0 Å². The van der Waals surface area contributed by atoms with Gasteiger partial charge >= 0.3 is 5.97 Å². The molecule has 0 aromatic rings. The highest BCUT2D eigenvalue weighted by Gasteiger charge is 2.32. The summed E-state index contributed by atoms with van der Waals surface area (Å²) in [5.74, 6) is -1.27. The lowest BCUT2D eigenvalue weighted by molar-refractivity contribution is -0.155. The maximum Gasteiger partial charge on any atom is 0.336 e. The average Bonchev–Trinajstić information content (AvgIpc) is 2.67. The summed E-state index contributed by atoms with van der Waals surface area (Å²) in [6.07, 6.45) is 3.90. The highest BCUT2D eigenvalue weighted by atomic mass is 32.2. The molecule has 0 saturated heterocycles. The summed E-state index contributed by atoms with van der Waals surface area (Å²) in [4.78, 5) is 10.6. The smallest absolute Gasteiger partial charge is 0.336 e. The van der Waals surface area contributed by atoms with Crippen molar-refractivity contribution in [2.45, 2.75) is 38.2 Å². The van der Waals surface area contributed by atoms with Crippen molar-refractivity contribution in [2.24, 2.45) is 5.92 Å². The lowest BCUT2D eigenvalue weighted by Crippen LogP contribution is -2.47. The molecule has 7 heteroatoms. The van der Waals surface area contributed by atoms with E-state index in [0.29, 0.717) is 0 Å². The molecule has 1 rings (SSSR count). The number of carboxylic acid groups (broad SMARTS) is 1. The molecule has 100 valence electrons.